The first kappa shape index (κ1) is 13.8. The number of alkyl halides is 2. The lowest BCUT2D eigenvalue weighted by atomic mass is 10.1. The maximum absolute atomic E-state index is 12.3. The third-order valence-electron chi connectivity index (χ3n) is 3.05. The highest BCUT2D eigenvalue weighted by atomic mass is 32.2. The molecule has 1 aliphatic heterocycles. The van der Waals surface area contributed by atoms with Crippen LogP contribution < -0.4 is 5.32 Å². The topological polar surface area (TPSA) is 15.3 Å². The van der Waals surface area contributed by atoms with E-state index in [1.165, 1.54) is 0 Å². The molecular weight excluding hydrogens is 254 g/mol. The minimum atomic E-state index is -2.34. The Kier molecular flexibility index (Phi) is 5.41. The number of rotatable bonds is 5. The van der Waals surface area contributed by atoms with Crippen molar-refractivity contribution in [2.75, 3.05) is 32.7 Å². The fraction of sp³-hybridized carbons (Fsp3) is 0.538. The van der Waals surface area contributed by atoms with Crippen LogP contribution in [0, 0.1) is 0 Å². The largest absolute Gasteiger partial charge is 0.314 e. The summed E-state index contributed by atoms with van der Waals surface area (Å²) in [5.41, 5.74) is 1.14. The predicted molar refractivity (Wildman–Crippen MR) is 71.3 cm³/mol. The Morgan fingerprint density at radius 3 is 2.78 bits per heavy atom. The summed E-state index contributed by atoms with van der Waals surface area (Å²) >= 11 is 0.617. The van der Waals surface area contributed by atoms with Crippen LogP contribution in [0.3, 0.4) is 0 Å². The Morgan fingerprint density at radius 2 is 2.06 bits per heavy atom. The van der Waals surface area contributed by atoms with Gasteiger partial charge in [-0.2, -0.15) is 8.78 Å². The van der Waals surface area contributed by atoms with Gasteiger partial charge in [-0.3, -0.25) is 0 Å². The van der Waals surface area contributed by atoms with E-state index in [-0.39, 0.29) is 0 Å². The van der Waals surface area contributed by atoms with E-state index in [0.717, 1.165) is 44.7 Å². The molecule has 1 saturated heterocycles. The second kappa shape index (κ2) is 7.07. The molecule has 0 amide bonds. The number of hydrogen-bond donors (Lipinski definition) is 1. The van der Waals surface area contributed by atoms with Crippen LogP contribution in [-0.4, -0.2) is 43.4 Å². The molecule has 0 aliphatic carbocycles. The second-order valence-corrected chi connectivity index (χ2v) is 5.43. The number of thioether (sulfide) groups is 1. The van der Waals surface area contributed by atoms with Gasteiger partial charge >= 0.3 is 0 Å². The summed E-state index contributed by atoms with van der Waals surface area (Å²) < 4.78 is 24.6. The van der Waals surface area contributed by atoms with E-state index >= 15 is 0 Å². The van der Waals surface area contributed by atoms with Crippen molar-refractivity contribution < 1.29 is 8.78 Å². The third-order valence-corrected chi connectivity index (χ3v) is 3.75. The second-order valence-electron chi connectivity index (χ2n) is 4.37. The molecule has 18 heavy (non-hydrogen) atoms. The first-order chi connectivity index (χ1) is 8.74. The molecule has 0 unspecified atom stereocenters. The monoisotopic (exact) mass is 272 g/mol. The lowest BCUT2D eigenvalue weighted by Crippen LogP contribution is -2.44. The van der Waals surface area contributed by atoms with Gasteiger partial charge in [-0.25, -0.2) is 0 Å². The Morgan fingerprint density at radius 1 is 1.28 bits per heavy atom. The van der Waals surface area contributed by atoms with Crippen molar-refractivity contribution in [2.45, 2.75) is 17.1 Å². The van der Waals surface area contributed by atoms with Gasteiger partial charge in [-0.1, -0.05) is 23.9 Å². The zero-order valence-corrected chi connectivity index (χ0v) is 11.1. The van der Waals surface area contributed by atoms with Crippen LogP contribution in [0.4, 0.5) is 8.78 Å². The fourth-order valence-electron chi connectivity index (χ4n) is 2.10. The van der Waals surface area contributed by atoms with Crippen LogP contribution in [-0.2, 0) is 6.42 Å². The van der Waals surface area contributed by atoms with E-state index in [2.05, 4.69) is 10.2 Å². The molecule has 1 heterocycles. The molecule has 0 radical (unpaired) electrons. The van der Waals surface area contributed by atoms with E-state index in [4.69, 9.17) is 0 Å². The first-order valence-electron chi connectivity index (χ1n) is 6.21. The molecule has 2 nitrogen and oxygen atoms in total. The molecule has 1 aliphatic rings. The SMILES string of the molecule is FC(F)Sc1cccc(CCN2CCNCC2)c1. The highest BCUT2D eigenvalue weighted by Gasteiger charge is 2.10. The molecule has 0 atom stereocenters. The van der Waals surface area contributed by atoms with Gasteiger partial charge in [0.2, 0.25) is 0 Å². The predicted octanol–water partition coefficient (Wildman–Crippen LogP) is 2.45. The smallest absolute Gasteiger partial charge is 0.288 e. The molecular formula is C13H18F2N2S. The maximum Gasteiger partial charge on any atom is 0.288 e. The van der Waals surface area contributed by atoms with Crippen molar-refractivity contribution in [3.05, 3.63) is 29.8 Å². The van der Waals surface area contributed by atoms with Gasteiger partial charge in [-0.05, 0) is 24.1 Å². The Bertz CT molecular complexity index is 368. The zero-order valence-electron chi connectivity index (χ0n) is 10.2. The highest BCUT2D eigenvalue weighted by Crippen LogP contribution is 2.25. The summed E-state index contributed by atoms with van der Waals surface area (Å²) in [5.74, 6) is -2.34. The summed E-state index contributed by atoms with van der Waals surface area (Å²) in [5, 5.41) is 3.32. The summed E-state index contributed by atoms with van der Waals surface area (Å²) in [4.78, 5) is 3.06. The Hall–Kier alpha value is -0.650. The average Bonchev–Trinajstić information content (AvgIpc) is 2.37. The molecule has 0 bridgehead atoms. The summed E-state index contributed by atoms with van der Waals surface area (Å²) in [6, 6.07) is 7.49. The van der Waals surface area contributed by atoms with Crippen molar-refractivity contribution in [3.8, 4) is 0 Å². The molecule has 5 heteroatoms. The van der Waals surface area contributed by atoms with Crippen molar-refractivity contribution >= 4 is 11.8 Å². The normalized spacial score (nSPS) is 17.3. The van der Waals surface area contributed by atoms with Gasteiger partial charge in [0, 0.05) is 37.6 Å². The molecule has 0 saturated carbocycles. The van der Waals surface area contributed by atoms with Crippen LogP contribution in [0.1, 0.15) is 5.56 Å². The van der Waals surface area contributed by atoms with E-state index in [1.807, 2.05) is 18.2 Å². The van der Waals surface area contributed by atoms with Crippen molar-refractivity contribution in [1.29, 1.82) is 0 Å². The zero-order chi connectivity index (χ0) is 12.8. The van der Waals surface area contributed by atoms with E-state index in [1.54, 1.807) is 6.07 Å². The van der Waals surface area contributed by atoms with Crippen LogP contribution >= 0.6 is 11.8 Å². The van der Waals surface area contributed by atoms with Crippen LogP contribution in [0.2, 0.25) is 0 Å². The third kappa shape index (κ3) is 4.55. The number of nitrogens with one attached hydrogen (secondary N) is 1. The summed E-state index contributed by atoms with van der Waals surface area (Å²) in [6.45, 7) is 5.24. The number of hydrogen-bond acceptors (Lipinski definition) is 3. The number of halogens is 2. The molecule has 1 fully saturated rings. The minimum absolute atomic E-state index is 0.617. The number of nitrogens with zero attached hydrogens (tertiary/aromatic N) is 1. The van der Waals surface area contributed by atoms with Crippen molar-refractivity contribution in [3.63, 3.8) is 0 Å². The summed E-state index contributed by atoms with van der Waals surface area (Å²) in [6.07, 6.45) is 0.928. The molecule has 1 aromatic rings. The fourth-order valence-corrected chi connectivity index (χ4v) is 2.68. The van der Waals surface area contributed by atoms with Crippen LogP contribution in [0.25, 0.3) is 0 Å². The van der Waals surface area contributed by atoms with Crippen LogP contribution in [0.5, 0.6) is 0 Å². The van der Waals surface area contributed by atoms with Gasteiger partial charge in [-0.15, -0.1) is 0 Å². The first-order valence-corrected chi connectivity index (χ1v) is 7.09. The lowest BCUT2D eigenvalue weighted by Gasteiger charge is -2.27. The van der Waals surface area contributed by atoms with E-state index < -0.39 is 5.76 Å². The van der Waals surface area contributed by atoms with Gasteiger partial charge in [0.15, 0.2) is 0 Å². The van der Waals surface area contributed by atoms with Gasteiger partial charge in [0.05, 0.1) is 0 Å². The van der Waals surface area contributed by atoms with Crippen LogP contribution in [0.15, 0.2) is 29.2 Å². The van der Waals surface area contributed by atoms with Gasteiger partial charge < -0.3 is 10.2 Å². The molecule has 1 N–H and O–H groups in total. The lowest BCUT2D eigenvalue weighted by molar-refractivity contribution is 0.244. The summed E-state index contributed by atoms with van der Waals surface area (Å²) in [7, 11) is 0. The highest BCUT2D eigenvalue weighted by molar-refractivity contribution is 7.99. The van der Waals surface area contributed by atoms with E-state index in [9.17, 15) is 8.78 Å². The molecule has 0 spiro atoms. The molecule has 2 rings (SSSR count). The Labute approximate surface area is 111 Å². The molecule has 0 aromatic heterocycles. The van der Waals surface area contributed by atoms with Crippen molar-refractivity contribution in [1.82, 2.24) is 10.2 Å². The maximum atomic E-state index is 12.3. The average molecular weight is 272 g/mol. The standard InChI is InChI=1S/C13H18F2N2S/c14-13(15)18-12-3-1-2-11(10-12)4-7-17-8-5-16-6-9-17/h1-3,10,13,16H,4-9H2. The Balaban J connectivity index is 1.84. The molecule has 1 aromatic carbocycles. The minimum Gasteiger partial charge on any atom is -0.314 e. The quantitative estimate of drug-likeness (QED) is 0.829. The number of piperazine rings is 1. The molecule has 100 valence electrons. The number of benzene rings is 1. The van der Waals surface area contributed by atoms with E-state index in [0.29, 0.717) is 16.7 Å². The van der Waals surface area contributed by atoms with Gasteiger partial charge in [0.1, 0.15) is 0 Å². The van der Waals surface area contributed by atoms with Gasteiger partial charge in [0.25, 0.3) is 5.76 Å². The van der Waals surface area contributed by atoms with Crippen molar-refractivity contribution in [2.24, 2.45) is 0 Å².